The van der Waals surface area contributed by atoms with Crippen LogP contribution in [-0.2, 0) is 9.59 Å². The summed E-state index contributed by atoms with van der Waals surface area (Å²) in [7, 11) is 0. The Hall–Kier alpha value is -1.69. The first kappa shape index (κ1) is 15.2. The normalized spacial score (nSPS) is 23.3. The molecule has 3 rings (SSSR count). The van der Waals surface area contributed by atoms with Gasteiger partial charge in [0.1, 0.15) is 0 Å². The topological polar surface area (TPSA) is 61.8 Å². The van der Waals surface area contributed by atoms with Gasteiger partial charge in [0.2, 0.25) is 11.8 Å². The number of nitrogens with zero attached hydrogens (tertiary/aromatic N) is 2. The van der Waals surface area contributed by atoms with Crippen molar-refractivity contribution in [3.05, 3.63) is 29.8 Å². The molecule has 22 heavy (non-hydrogen) atoms. The molecule has 1 N–H and O–H groups in total. The van der Waals surface area contributed by atoms with Gasteiger partial charge in [0, 0.05) is 17.3 Å². The monoisotopic (exact) mass is 363 g/mol. The molecule has 1 heterocycles. The molecule has 1 saturated carbocycles. The number of hydrogen-bond acceptors (Lipinski definition) is 3. The van der Waals surface area contributed by atoms with Crippen molar-refractivity contribution in [2.75, 3.05) is 3.93 Å². The molecule has 1 fully saturated rings. The molecule has 2 aliphatic rings. The Bertz CT molecular complexity index is 661. The van der Waals surface area contributed by atoms with E-state index in [0.29, 0.717) is 0 Å². The van der Waals surface area contributed by atoms with E-state index in [0.717, 1.165) is 23.4 Å². The summed E-state index contributed by atoms with van der Waals surface area (Å²) in [4.78, 5) is 23.7. The minimum absolute atomic E-state index is 0.00947. The Morgan fingerprint density at radius 3 is 2.50 bits per heavy atom. The first-order chi connectivity index (χ1) is 10.3. The number of carbonyl (C=O) groups is 2. The molecular formula is C16H18BrN3O2. The number of amides is 2. The minimum Gasteiger partial charge on any atom is -0.273 e. The van der Waals surface area contributed by atoms with Crippen LogP contribution in [0.2, 0.25) is 0 Å². The summed E-state index contributed by atoms with van der Waals surface area (Å²) < 4.78 is 1.49. The van der Waals surface area contributed by atoms with Gasteiger partial charge >= 0.3 is 0 Å². The molecule has 6 heteroatoms. The molecule has 2 unspecified atom stereocenters. The zero-order valence-electron chi connectivity index (χ0n) is 12.8. The van der Waals surface area contributed by atoms with Gasteiger partial charge in [0.25, 0.3) is 0 Å². The molecule has 1 aromatic rings. The van der Waals surface area contributed by atoms with Crippen molar-refractivity contribution in [2.24, 2.45) is 22.4 Å². The Morgan fingerprint density at radius 2 is 1.91 bits per heavy atom. The molecule has 0 aromatic heterocycles. The van der Waals surface area contributed by atoms with E-state index in [9.17, 15) is 9.59 Å². The number of fused-ring (bicyclic) bond motifs is 1. The number of nitrogens with one attached hydrogen (secondary N) is 1. The largest absolute Gasteiger partial charge is 0.273 e. The maximum absolute atomic E-state index is 12.3. The van der Waals surface area contributed by atoms with Crippen LogP contribution in [0.3, 0.4) is 0 Å². The first-order valence-electron chi connectivity index (χ1n) is 7.27. The third-order valence-corrected chi connectivity index (χ3v) is 4.71. The number of carbonyl (C=O) groups excluding carboxylic acids is 2. The second-order valence-electron chi connectivity index (χ2n) is 6.80. The van der Waals surface area contributed by atoms with Gasteiger partial charge in [-0.3, -0.25) is 9.59 Å². The van der Waals surface area contributed by atoms with Crippen LogP contribution in [0.25, 0.3) is 0 Å². The summed E-state index contributed by atoms with van der Waals surface area (Å²) in [5, 5.41) is 4.18. The maximum atomic E-state index is 12.3. The second-order valence-corrected chi connectivity index (χ2v) is 7.51. The van der Waals surface area contributed by atoms with Crippen molar-refractivity contribution in [1.29, 1.82) is 0 Å². The summed E-state index contributed by atoms with van der Waals surface area (Å²) in [6.07, 6.45) is 0.875. The van der Waals surface area contributed by atoms with E-state index in [-0.39, 0.29) is 23.7 Å². The maximum Gasteiger partial charge on any atom is 0.243 e. The number of hydrogen-bond donors (Lipinski definition) is 1. The predicted molar refractivity (Wildman–Crippen MR) is 88.6 cm³/mol. The van der Waals surface area contributed by atoms with E-state index in [1.807, 2.05) is 45.0 Å². The molecule has 0 saturated heterocycles. The highest BCUT2D eigenvalue weighted by Crippen LogP contribution is 2.43. The summed E-state index contributed by atoms with van der Waals surface area (Å²) >= 11 is 3.33. The average molecular weight is 364 g/mol. The highest BCUT2D eigenvalue weighted by Gasteiger charge is 2.49. The van der Waals surface area contributed by atoms with Crippen LogP contribution in [0, 0.1) is 17.3 Å². The Kier molecular flexibility index (Phi) is 3.59. The fraction of sp³-hybridized carbons (Fsp3) is 0.438. The van der Waals surface area contributed by atoms with Crippen LogP contribution < -0.4 is 9.35 Å². The van der Waals surface area contributed by atoms with E-state index in [1.54, 1.807) is 0 Å². The molecule has 2 amide bonds. The third kappa shape index (κ3) is 2.67. The predicted octanol–water partition coefficient (Wildman–Crippen LogP) is 2.85. The van der Waals surface area contributed by atoms with Crippen LogP contribution in [0.4, 0.5) is 5.69 Å². The van der Waals surface area contributed by atoms with Gasteiger partial charge in [-0.05, 0) is 24.1 Å². The molecule has 0 bridgehead atoms. The highest BCUT2D eigenvalue weighted by molar-refractivity contribution is 9.10. The van der Waals surface area contributed by atoms with Gasteiger partial charge in [-0.15, -0.1) is 0 Å². The standard InChI is InChI=1S/C16H18BrN3O2/c1-16(2,3)15(22)20(17)10-6-4-9(5-7-10)13-11-8-12(11)14(21)19-18-13/h4-7,11-12H,8H2,1-3H3,(H,19,21). The number of benzene rings is 1. The van der Waals surface area contributed by atoms with E-state index in [2.05, 4.69) is 26.7 Å². The number of halogens is 1. The van der Waals surface area contributed by atoms with Gasteiger partial charge in [0.15, 0.2) is 0 Å². The lowest BCUT2D eigenvalue weighted by molar-refractivity contribution is -0.124. The summed E-state index contributed by atoms with van der Waals surface area (Å²) in [6.45, 7) is 5.64. The van der Waals surface area contributed by atoms with Crippen LogP contribution in [-0.4, -0.2) is 17.5 Å². The number of hydrazone groups is 1. The van der Waals surface area contributed by atoms with E-state index < -0.39 is 5.41 Å². The fourth-order valence-corrected chi connectivity index (χ4v) is 3.29. The molecule has 116 valence electrons. The van der Waals surface area contributed by atoms with Crippen molar-refractivity contribution >= 4 is 39.4 Å². The van der Waals surface area contributed by atoms with Gasteiger partial charge in [-0.1, -0.05) is 32.9 Å². The highest BCUT2D eigenvalue weighted by atomic mass is 79.9. The van der Waals surface area contributed by atoms with Crippen LogP contribution in [0.5, 0.6) is 0 Å². The summed E-state index contributed by atoms with van der Waals surface area (Å²) in [5.74, 6) is 0.343. The summed E-state index contributed by atoms with van der Waals surface area (Å²) in [5.41, 5.74) is 4.81. The van der Waals surface area contributed by atoms with Crippen molar-refractivity contribution in [2.45, 2.75) is 27.2 Å². The zero-order valence-corrected chi connectivity index (χ0v) is 14.3. The summed E-state index contributed by atoms with van der Waals surface area (Å²) in [6, 6.07) is 7.63. The second kappa shape index (κ2) is 5.19. The van der Waals surface area contributed by atoms with Crippen molar-refractivity contribution in [1.82, 2.24) is 5.43 Å². The third-order valence-electron chi connectivity index (χ3n) is 3.97. The van der Waals surface area contributed by atoms with Gasteiger partial charge in [-0.2, -0.15) is 5.10 Å². The van der Waals surface area contributed by atoms with Gasteiger partial charge < -0.3 is 0 Å². The molecule has 1 aliphatic carbocycles. The lowest BCUT2D eigenvalue weighted by Gasteiger charge is -2.24. The zero-order chi connectivity index (χ0) is 16.1. The molecule has 1 aromatic carbocycles. The molecule has 1 aliphatic heterocycles. The molecule has 0 spiro atoms. The lowest BCUT2D eigenvalue weighted by atomic mass is 9.95. The molecular weight excluding hydrogens is 346 g/mol. The molecule has 0 radical (unpaired) electrons. The fourth-order valence-electron chi connectivity index (χ4n) is 2.52. The van der Waals surface area contributed by atoms with Crippen LogP contribution in [0.15, 0.2) is 29.4 Å². The van der Waals surface area contributed by atoms with E-state index >= 15 is 0 Å². The SMILES string of the molecule is CC(C)(C)C(=O)N(Br)c1ccc(C2=NNC(=O)C3CC23)cc1. The lowest BCUT2D eigenvalue weighted by Crippen LogP contribution is -2.32. The van der Waals surface area contributed by atoms with Gasteiger partial charge in [-0.25, -0.2) is 9.35 Å². The van der Waals surface area contributed by atoms with Gasteiger partial charge in [0.05, 0.1) is 27.5 Å². The number of anilines is 1. The Balaban J connectivity index is 1.79. The van der Waals surface area contributed by atoms with Crippen LogP contribution in [0.1, 0.15) is 32.8 Å². The minimum atomic E-state index is -0.457. The van der Waals surface area contributed by atoms with Crippen molar-refractivity contribution in [3.63, 3.8) is 0 Å². The Labute approximate surface area is 138 Å². The average Bonchev–Trinajstić information content (AvgIpc) is 3.27. The molecule has 5 nitrogen and oxygen atoms in total. The quantitative estimate of drug-likeness (QED) is 0.821. The van der Waals surface area contributed by atoms with Crippen molar-refractivity contribution < 1.29 is 9.59 Å². The number of rotatable bonds is 2. The van der Waals surface area contributed by atoms with Crippen LogP contribution >= 0.6 is 16.1 Å². The first-order valence-corrected chi connectivity index (χ1v) is 7.98. The van der Waals surface area contributed by atoms with Crippen molar-refractivity contribution in [3.8, 4) is 0 Å². The van der Waals surface area contributed by atoms with E-state index in [4.69, 9.17) is 0 Å². The molecule has 2 atom stereocenters. The Morgan fingerprint density at radius 1 is 1.27 bits per heavy atom. The smallest absolute Gasteiger partial charge is 0.243 e. The van der Waals surface area contributed by atoms with E-state index in [1.165, 1.54) is 3.93 Å².